The number of ether oxygens (including phenoxy) is 6. The molecular formula is C49H84N4O16. The molecule has 3 aliphatic heterocycles. The average molecular weight is 985 g/mol. The first-order valence-corrected chi connectivity index (χ1v) is 24.5. The standard InChI is InChI=1S/C49H84N4O16/c1-14-37-49(10,61)42(57)31(6)52(12)25-27(2)23-47(8,60)44(29(4)41(30(5)45(59)67-37)68-39-24-48(9,64-13)43(58)32(7)66-39)69-46-40(56)36(21-28(3)65-46)51(11)20-19-38(55)50-34(26-54)22-33-15-17-35(18-16-33)53(62)63/h15-18,27-32,34,36-37,39-44,46,54,56-58,60-61H,14,19-26H2,1-13H3,(H,50,55)/t27-,28-,29+,30-,31-,32+,34+,36+,37-,39+,40-,41+,42-,43+,44?,46+,47-,48-,49-/m1/s1. The molecule has 69 heavy (non-hydrogen) atoms. The second-order valence-electron chi connectivity index (χ2n) is 21.0. The lowest BCUT2D eigenvalue weighted by Crippen LogP contribution is -2.61. The van der Waals surface area contributed by atoms with Gasteiger partial charge in [0.15, 0.2) is 12.6 Å². The predicted octanol–water partition coefficient (Wildman–Crippen LogP) is 2.29. The molecule has 0 aromatic heterocycles. The number of amides is 1. The van der Waals surface area contributed by atoms with Gasteiger partial charge in [-0.05, 0) is 99.7 Å². The van der Waals surface area contributed by atoms with Crippen molar-refractivity contribution >= 4 is 17.6 Å². The van der Waals surface area contributed by atoms with E-state index in [9.17, 15) is 50.3 Å². The fourth-order valence-corrected chi connectivity index (χ4v) is 10.6. The van der Waals surface area contributed by atoms with Crippen LogP contribution >= 0.6 is 0 Å². The SMILES string of the molecule is CC[C@H]1OC(=O)[C@H](C)[C@@H](O[C@H]2C[C@@](C)(OC)[C@@H](O)[C@H](C)O2)[C@H](C)C(O[C@@H]2O[C@H](C)C[C@H](N(C)CCC(=O)N[C@H](CO)Cc3ccc([N+](=O)[O-])cc3)[C@H]2O)[C@](C)(O)C[C@@H](C)CN(C)[C@H](C)[C@@H](O)[C@]1(C)O. The number of nitro benzene ring substituents is 1. The fraction of sp³-hybridized carbons (Fsp3) is 0.837. The van der Waals surface area contributed by atoms with Gasteiger partial charge in [0, 0.05) is 63.2 Å². The third kappa shape index (κ3) is 14.6. The quantitative estimate of drug-likeness (QED) is 0.0755. The molecule has 1 unspecified atom stereocenters. The molecule has 19 atom stereocenters. The number of carbonyl (C=O) groups is 2. The Hall–Kier alpha value is -2.96. The van der Waals surface area contributed by atoms with Crippen molar-refractivity contribution in [2.75, 3.05) is 40.9 Å². The zero-order chi connectivity index (χ0) is 51.9. The monoisotopic (exact) mass is 985 g/mol. The van der Waals surface area contributed by atoms with Gasteiger partial charge in [0.1, 0.15) is 30.0 Å². The van der Waals surface area contributed by atoms with Crippen LogP contribution in [0, 0.1) is 27.9 Å². The van der Waals surface area contributed by atoms with E-state index in [4.69, 9.17) is 28.4 Å². The number of aliphatic hydroxyl groups is 6. The Morgan fingerprint density at radius 1 is 1.01 bits per heavy atom. The molecule has 20 nitrogen and oxygen atoms in total. The third-order valence-electron chi connectivity index (χ3n) is 15.0. The number of benzene rings is 1. The molecule has 1 aromatic carbocycles. The summed E-state index contributed by atoms with van der Waals surface area (Å²) in [5.41, 5.74) is -4.01. The van der Waals surface area contributed by atoms with Gasteiger partial charge in [-0.2, -0.15) is 0 Å². The highest BCUT2D eigenvalue weighted by Gasteiger charge is 2.53. The van der Waals surface area contributed by atoms with Crippen molar-refractivity contribution in [3.8, 4) is 0 Å². The number of carbonyl (C=O) groups excluding carboxylic acids is 2. The normalized spacial score (nSPS) is 40.6. The topological polar surface area (TPSA) is 273 Å². The highest BCUT2D eigenvalue weighted by Crippen LogP contribution is 2.40. The number of non-ortho nitro benzene ring substituents is 1. The van der Waals surface area contributed by atoms with E-state index in [1.807, 2.05) is 23.6 Å². The number of nitrogens with one attached hydrogen (secondary N) is 1. The van der Waals surface area contributed by atoms with Crippen LogP contribution in [0.5, 0.6) is 0 Å². The van der Waals surface area contributed by atoms with Crippen LogP contribution in [0.15, 0.2) is 24.3 Å². The van der Waals surface area contributed by atoms with Gasteiger partial charge in [-0.1, -0.05) is 32.9 Å². The van der Waals surface area contributed by atoms with E-state index < -0.39 is 119 Å². The Labute approximate surface area is 408 Å². The highest BCUT2D eigenvalue weighted by molar-refractivity contribution is 5.76. The summed E-state index contributed by atoms with van der Waals surface area (Å²) in [6.07, 6.45) is -9.64. The van der Waals surface area contributed by atoms with Crippen LogP contribution in [0.1, 0.15) is 107 Å². The van der Waals surface area contributed by atoms with Crippen molar-refractivity contribution in [2.45, 2.75) is 204 Å². The van der Waals surface area contributed by atoms with Crippen LogP contribution in [0.3, 0.4) is 0 Å². The average Bonchev–Trinajstić information content (AvgIpc) is 3.29. The van der Waals surface area contributed by atoms with Crippen LogP contribution in [-0.2, 0) is 44.4 Å². The number of nitro groups is 1. The van der Waals surface area contributed by atoms with Crippen LogP contribution < -0.4 is 5.32 Å². The minimum atomic E-state index is -1.86. The van der Waals surface area contributed by atoms with Crippen molar-refractivity contribution in [2.24, 2.45) is 17.8 Å². The number of nitrogens with zero attached hydrogens (tertiary/aromatic N) is 3. The van der Waals surface area contributed by atoms with Crippen molar-refractivity contribution < 1.29 is 73.6 Å². The predicted molar refractivity (Wildman–Crippen MR) is 254 cm³/mol. The molecule has 0 bridgehead atoms. The third-order valence-corrected chi connectivity index (χ3v) is 15.0. The van der Waals surface area contributed by atoms with Crippen molar-refractivity contribution in [3.63, 3.8) is 0 Å². The maximum Gasteiger partial charge on any atom is 0.311 e. The maximum absolute atomic E-state index is 14.4. The highest BCUT2D eigenvalue weighted by atomic mass is 16.7. The van der Waals surface area contributed by atoms with Gasteiger partial charge in [-0.25, -0.2) is 0 Å². The number of methoxy groups -OCH3 is 1. The van der Waals surface area contributed by atoms with Crippen LogP contribution in [0.2, 0.25) is 0 Å². The lowest BCUT2D eigenvalue weighted by Gasteiger charge is -2.49. The zero-order valence-electron chi connectivity index (χ0n) is 43.0. The molecule has 1 aromatic rings. The zero-order valence-corrected chi connectivity index (χ0v) is 43.0. The number of cyclic esters (lactones) is 1. The molecule has 4 rings (SSSR count). The number of hydrogen-bond acceptors (Lipinski definition) is 18. The molecule has 20 heteroatoms. The lowest BCUT2D eigenvalue weighted by molar-refractivity contribution is -0.384. The van der Waals surface area contributed by atoms with E-state index in [2.05, 4.69) is 5.32 Å². The van der Waals surface area contributed by atoms with Crippen molar-refractivity contribution in [3.05, 3.63) is 39.9 Å². The van der Waals surface area contributed by atoms with Gasteiger partial charge < -0.3 is 74.2 Å². The van der Waals surface area contributed by atoms with Gasteiger partial charge in [-0.3, -0.25) is 19.7 Å². The first-order valence-electron chi connectivity index (χ1n) is 24.5. The lowest BCUT2D eigenvalue weighted by atomic mass is 9.77. The molecule has 0 radical (unpaired) electrons. The van der Waals surface area contributed by atoms with Gasteiger partial charge in [0.2, 0.25) is 5.91 Å². The molecule has 3 fully saturated rings. The summed E-state index contributed by atoms with van der Waals surface area (Å²) in [6.45, 7) is 17.4. The van der Waals surface area contributed by atoms with E-state index in [1.54, 1.807) is 74.7 Å². The summed E-state index contributed by atoms with van der Waals surface area (Å²) in [5, 5.41) is 83.3. The van der Waals surface area contributed by atoms with Gasteiger partial charge in [0.25, 0.3) is 5.69 Å². The summed E-state index contributed by atoms with van der Waals surface area (Å²) in [6, 6.07) is 4.06. The van der Waals surface area contributed by atoms with Crippen LogP contribution in [0.4, 0.5) is 5.69 Å². The maximum atomic E-state index is 14.4. The molecule has 3 heterocycles. The van der Waals surface area contributed by atoms with Gasteiger partial charge in [0.05, 0.1) is 59.1 Å². The van der Waals surface area contributed by atoms with Crippen LogP contribution in [-0.4, -0.2) is 194 Å². The largest absolute Gasteiger partial charge is 0.459 e. The Bertz CT molecular complexity index is 1810. The molecule has 0 spiro atoms. The van der Waals surface area contributed by atoms with Gasteiger partial charge >= 0.3 is 5.97 Å². The molecule has 396 valence electrons. The summed E-state index contributed by atoms with van der Waals surface area (Å²) < 4.78 is 38.0. The molecule has 0 saturated carbocycles. The summed E-state index contributed by atoms with van der Waals surface area (Å²) >= 11 is 0. The number of likely N-dealkylation sites (N-methyl/N-ethyl adjacent to an activating group) is 2. The number of esters is 1. The Balaban J connectivity index is 1.66. The molecule has 3 aliphatic rings. The Morgan fingerprint density at radius 2 is 1.65 bits per heavy atom. The minimum Gasteiger partial charge on any atom is -0.459 e. The summed E-state index contributed by atoms with van der Waals surface area (Å²) in [7, 11) is 5.05. The van der Waals surface area contributed by atoms with E-state index in [0.717, 1.165) is 0 Å². The molecular weight excluding hydrogens is 901 g/mol. The molecule has 7 N–H and O–H groups in total. The second kappa shape index (κ2) is 24.6. The first-order chi connectivity index (χ1) is 32.1. The first kappa shape index (κ1) is 58.6. The molecule has 0 aliphatic carbocycles. The van der Waals surface area contributed by atoms with E-state index in [0.29, 0.717) is 18.5 Å². The number of rotatable bonds is 15. The van der Waals surface area contributed by atoms with Crippen molar-refractivity contribution in [1.29, 1.82) is 0 Å². The smallest absolute Gasteiger partial charge is 0.311 e. The van der Waals surface area contributed by atoms with E-state index in [1.165, 1.54) is 26.2 Å². The fourth-order valence-electron chi connectivity index (χ4n) is 10.6. The Kier molecular flexibility index (Phi) is 20.9. The van der Waals surface area contributed by atoms with Crippen molar-refractivity contribution in [1.82, 2.24) is 15.1 Å². The molecule has 3 saturated heterocycles. The number of aliphatic hydroxyl groups excluding tert-OH is 4. The number of hydrogen-bond donors (Lipinski definition) is 7. The minimum absolute atomic E-state index is 0.00984. The summed E-state index contributed by atoms with van der Waals surface area (Å²) in [5.74, 6) is -3.32. The van der Waals surface area contributed by atoms with E-state index in [-0.39, 0.29) is 62.8 Å². The second-order valence-corrected chi connectivity index (χ2v) is 21.0. The molecule has 1 amide bonds. The van der Waals surface area contributed by atoms with Gasteiger partial charge in [-0.15, -0.1) is 0 Å². The van der Waals surface area contributed by atoms with Crippen LogP contribution in [0.25, 0.3) is 0 Å². The Morgan fingerprint density at radius 3 is 2.23 bits per heavy atom. The van der Waals surface area contributed by atoms with E-state index >= 15 is 0 Å². The summed E-state index contributed by atoms with van der Waals surface area (Å²) in [4.78, 5) is 41.9.